The molecule has 4 heteroatoms. The van der Waals surface area contributed by atoms with E-state index in [1.54, 1.807) is 18.5 Å². The first kappa shape index (κ1) is 16.3. The highest BCUT2D eigenvalue weighted by atomic mass is 16.5. The number of amides is 1. The number of hydrogen-bond acceptors (Lipinski definition) is 3. The Bertz CT molecular complexity index is 922. The zero-order valence-electron chi connectivity index (χ0n) is 14.4. The maximum absolute atomic E-state index is 12.7. The summed E-state index contributed by atoms with van der Waals surface area (Å²) in [7, 11) is 0. The van der Waals surface area contributed by atoms with E-state index in [1.165, 1.54) is 17.5 Å². The Balaban J connectivity index is 1.49. The molecule has 0 bridgehead atoms. The fourth-order valence-corrected chi connectivity index (χ4v) is 3.27. The SMILES string of the molecule is O=C(Nc1ccc2c(c1)CCC2)c1ccccc1OCc1ccncc1. The molecule has 1 aromatic heterocycles. The first-order chi connectivity index (χ1) is 12.8. The number of rotatable bonds is 5. The maximum Gasteiger partial charge on any atom is 0.259 e. The normalized spacial score (nSPS) is 12.5. The molecule has 0 radical (unpaired) electrons. The molecule has 26 heavy (non-hydrogen) atoms. The smallest absolute Gasteiger partial charge is 0.259 e. The number of fused-ring (bicyclic) bond motifs is 1. The number of benzene rings is 2. The van der Waals surface area contributed by atoms with Gasteiger partial charge in [0.15, 0.2) is 0 Å². The van der Waals surface area contributed by atoms with Crippen LogP contribution in [-0.2, 0) is 19.4 Å². The van der Waals surface area contributed by atoms with E-state index < -0.39 is 0 Å². The number of hydrogen-bond donors (Lipinski definition) is 1. The van der Waals surface area contributed by atoms with Crippen molar-refractivity contribution in [2.75, 3.05) is 5.32 Å². The number of pyridine rings is 1. The monoisotopic (exact) mass is 344 g/mol. The van der Waals surface area contributed by atoms with Gasteiger partial charge in [0.2, 0.25) is 0 Å². The lowest BCUT2D eigenvalue weighted by molar-refractivity contribution is 0.102. The summed E-state index contributed by atoms with van der Waals surface area (Å²) in [4.78, 5) is 16.7. The fraction of sp³-hybridized carbons (Fsp3) is 0.182. The van der Waals surface area contributed by atoms with Crippen LogP contribution in [0.1, 0.15) is 33.5 Å². The third-order valence-corrected chi connectivity index (χ3v) is 4.63. The first-order valence-electron chi connectivity index (χ1n) is 8.83. The fourth-order valence-electron chi connectivity index (χ4n) is 3.27. The van der Waals surface area contributed by atoms with E-state index >= 15 is 0 Å². The number of nitrogens with zero attached hydrogens (tertiary/aromatic N) is 1. The summed E-state index contributed by atoms with van der Waals surface area (Å²) in [5, 5.41) is 3.00. The van der Waals surface area contributed by atoms with Gasteiger partial charge in [-0.1, -0.05) is 18.2 Å². The van der Waals surface area contributed by atoms with E-state index in [-0.39, 0.29) is 5.91 Å². The molecule has 1 aliphatic carbocycles. The maximum atomic E-state index is 12.7. The van der Waals surface area contributed by atoms with Crippen LogP contribution in [-0.4, -0.2) is 10.9 Å². The average Bonchev–Trinajstić information content (AvgIpc) is 3.15. The molecule has 1 N–H and O–H groups in total. The number of aromatic nitrogens is 1. The Labute approximate surface area is 152 Å². The third kappa shape index (κ3) is 3.59. The lowest BCUT2D eigenvalue weighted by atomic mass is 10.1. The van der Waals surface area contributed by atoms with Crippen LogP contribution in [0.15, 0.2) is 67.0 Å². The van der Waals surface area contributed by atoms with E-state index in [4.69, 9.17) is 4.74 Å². The predicted octanol–water partition coefficient (Wildman–Crippen LogP) is 4.40. The summed E-state index contributed by atoms with van der Waals surface area (Å²) in [5.41, 5.74) is 5.10. The third-order valence-electron chi connectivity index (χ3n) is 4.63. The van der Waals surface area contributed by atoms with Gasteiger partial charge in [0.25, 0.3) is 5.91 Å². The van der Waals surface area contributed by atoms with Crippen molar-refractivity contribution in [3.63, 3.8) is 0 Å². The molecular formula is C22H20N2O2. The number of ether oxygens (including phenoxy) is 1. The molecule has 1 heterocycles. The largest absolute Gasteiger partial charge is 0.488 e. The van der Waals surface area contributed by atoms with Crippen molar-refractivity contribution in [3.8, 4) is 5.75 Å². The van der Waals surface area contributed by atoms with E-state index in [9.17, 15) is 4.79 Å². The van der Waals surface area contributed by atoms with Crippen LogP contribution in [0.3, 0.4) is 0 Å². The van der Waals surface area contributed by atoms with Crippen molar-refractivity contribution in [2.45, 2.75) is 25.9 Å². The van der Waals surface area contributed by atoms with Crippen LogP contribution in [0.25, 0.3) is 0 Å². The highest BCUT2D eigenvalue weighted by Crippen LogP contribution is 2.26. The minimum Gasteiger partial charge on any atom is -0.488 e. The summed E-state index contributed by atoms with van der Waals surface area (Å²) in [6.45, 7) is 0.395. The standard InChI is InChI=1S/C22H20N2O2/c25-22(24-19-9-8-17-4-3-5-18(17)14-19)20-6-1-2-7-21(20)26-15-16-10-12-23-13-11-16/h1-2,6-14H,3-5,15H2,(H,24,25). The number of carbonyl (C=O) groups excluding carboxylic acids is 1. The summed E-state index contributed by atoms with van der Waals surface area (Å²) < 4.78 is 5.87. The summed E-state index contributed by atoms with van der Waals surface area (Å²) in [5.74, 6) is 0.413. The lowest BCUT2D eigenvalue weighted by Crippen LogP contribution is -2.14. The van der Waals surface area contributed by atoms with Gasteiger partial charge < -0.3 is 10.1 Å². The summed E-state index contributed by atoms with van der Waals surface area (Å²) in [6, 6.07) is 17.3. The minimum atomic E-state index is -0.159. The van der Waals surface area contributed by atoms with Crippen molar-refractivity contribution in [1.82, 2.24) is 4.98 Å². The first-order valence-corrected chi connectivity index (χ1v) is 8.83. The van der Waals surface area contributed by atoms with Gasteiger partial charge in [-0.3, -0.25) is 9.78 Å². The molecular weight excluding hydrogens is 324 g/mol. The van der Waals surface area contributed by atoms with Gasteiger partial charge >= 0.3 is 0 Å². The van der Waals surface area contributed by atoms with E-state index in [0.29, 0.717) is 17.9 Å². The number of nitrogens with one attached hydrogen (secondary N) is 1. The van der Waals surface area contributed by atoms with Gasteiger partial charge in [-0.25, -0.2) is 0 Å². The van der Waals surface area contributed by atoms with Crippen molar-refractivity contribution >= 4 is 11.6 Å². The zero-order valence-corrected chi connectivity index (χ0v) is 14.4. The second-order valence-corrected chi connectivity index (χ2v) is 6.43. The average molecular weight is 344 g/mol. The summed E-state index contributed by atoms with van der Waals surface area (Å²) >= 11 is 0. The molecule has 0 saturated carbocycles. The van der Waals surface area contributed by atoms with Crippen molar-refractivity contribution in [2.24, 2.45) is 0 Å². The Hall–Kier alpha value is -3.14. The Morgan fingerprint density at radius 3 is 2.69 bits per heavy atom. The zero-order chi connectivity index (χ0) is 17.8. The van der Waals surface area contributed by atoms with Crippen LogP contribution in [0.4, 0.5) is 5.69 Å². The lowest BCUT2D eigenvalue weighted by Gasteiger charge is -2.12. The molecule has 1 aliphatic rings. The van der Waals surface area contributed by atoms with Gasteiger partial charge in [0.05, 0.1) is 5.56 Å². The Kier molecular flexibility index (Phi) is 4.65. The molecule has 3 aromatic rings. The van der Waals surface area contributed by atoms with Crippen molar-refractivity contribution in [1.29, 1.82) is 0 Å². The van der Waals surface area contributed by atoms with Crippen LogP contribution >= 0.6 is 0 Å². The second-order valence-electron chi connectivity index (χ2n) is 6.43. The van der Waals surface area contributed by atoms with E-state index in [1.807, 2.05) is 36.4 Å². The predicted molar refractivity (Wildman–Crippen MR) is 101 cm³/mol. The van der Waals surface area contributed by atoms with Crippen molar-refractivity contribution in [3.05, 3.63) is 89.2 Å². The number of para-hydroxylation sites is 1. The second kappa shape index (κ2) is 7.40. The molecule has 130 valence electrons. The topological polar surface area (TPSA) is 51.2 Å². The molecule has 2 aromatic carbocycles. The highest BCUT2D eigenvalue weighted by Gasteiger charge is 2.15. The molecule has 0 saturated heterocycles. The molecule has 1 amide bonds. The van der Waals surface area contributed by atoms with Gasteiger partial charge in [0, 0.05) is 18.1 Å². The molecule has 4 nitrogen and oxygen atoms in total. The minimum absolute atomic E-state index is 0.159. The molecule has 0 atom stereocenters. The number of aryl methyl sites for hydroxylation is 2. The van der Waals surface area contributed by atoms with Crippen LogP contribution in [0, 0.1) is 0 Å². The van der Waals surface area contributed by atoms with Crippen molar-refractivity contribution < 1.29 is 9.53 Å². The van der Waals surface area contributed by atoms with Gasteiger partial charge in [0.1, 0.15) is 12.4 Å². The van der Waals surface area contributed by atoms with E-state index in [0.717, 1.165) is 24.1 Å². The van der Waals surface area contributed by atoms with Gasteiger partial charge in [-0.05, 0) is 72.4 Å². The Morgan fingerprint density at radius 2 is 1.81 bits per heavy atom. The van der Waals surface area contributed by atoms with Crippen LogP contribution in [0.2, 0.25) is 0 Å². The summed E-state index contributed by atoms with van der Waals surface area (Å²) in [6.07, 6.45) is 6.87. The molecule has 4 rings (SSSR count). The highest BCUT2D eigenvalue weighted by molar-refractivity contribution is 6.06. The van der Waals surface area contributed by atoms with Gasteiger partial charge in [-0.15, -0.1) is 0 Å². The van der Waals surface area contributed by atoms with Crippen LogP contribution in [0.5, 0.6) is 5.75 Å². The molecule has 0 unspecified atom stereocenters. The molecule has 0 aliphatic heterocycles. The van der Waals surface area contributed by atoms with E-state index in [2.05, 4.69) is 22.4 Å². The quantitative estimate of drug-likeness (QED) is 0.746. The van der Waals surface area contributed by atoms with Crippen LogP contribution < -0.4 is 10.1 Å². The number of carbonyl (C=O) groups is 1. The molecule has 0 spiro atoms. The Morgan fingerprint density at radius 1 is 1.00 bits per heavy atom. The molecule has 0 fully saturated rings. The number of anilines is 1. The van der Waals surface area contributed by atoms with Gasteiger partial charge in [-0.2, -0.15) is 0 Å².